The second-order valence-corrected chi connectivity index (χ2v) is 9.34. The molecular formula is C25H23ClN4O4. The Morgan fingerprint density at radius 1 is 1.12 bits per heavy atom. The lowest BCUT2D eigenvalue weighted by Gasteiger charge is -2.44. The van der Waals surface area contributed by atoms with Crippen LogP contribution >= 0.6 is 11.6 Å². The normalized spacial score (nSPS) is 16.8. The lowest BCUT2D eigenvalue weighted by atomic mass is 9.81. The Morgan fingerprint density at radius 2 is 1.88 bits per heavy atom. The van der Waals surface area contributed by atoms with Crippen LogP contribution in [0.15, 0.2) is 42.5 Å². The van der Waals surface area contributed by atoms with E-state index in [0.29, 0.717) is 59.9 Å². The second-order valence-electron chi connectivity index (χ2n) is 8.96. The third-order valence-corrected chi connectivity index (χ3v) is 7.32. The molecule has 0 N–H and O–H groups in total. The van der Waals surface area contributed by atoms with Gasteiger partial charge in [-0.15, -0.1) is 10.2 Å². The Balaban J connectivity index is 1.31. The number of ketones is 1. The largest absolute Gasteiger partial charge is 0.486 e. The molecule has 174 valence electrons. The summed E-state index contributed by atoms with van der Waals surface area (Å²) in [7, 11) is 0. The van der Waals surface area contributed by atoms with Gasteiger partial charge in [0.05, 0.1) is 22.6 Å². The number of nitro groups is 1. The van der Waals surface area contributed by atoms with Crippen molar-refractivity contribution in [2.75, 3.05) is 18.0 Å². The van der Waals surface area contributed by atoms with Crippen molar-refractivity contribution in [2.24, 2.45) is 0 Å². The number of hydrogen-bond donors (Lipinski definition) is 0. The van der Waals surface area contributed by atoms with Gasteiger partial charge in [0.25, 0.3) is 5.69 Å². The van der Waals surface area contributed by atoms with Crippen molar-refractivity contribution in [1.29, 1.82) is 0 Å². The number of nitrogens with zero attached hydrogens (tertiary/aromatic N) is 4. The highest BCUT2D eigenvalue weighted by Gasteiger charge is 2.44. The fourth-order valence-electron chi connectivity index (χ4n) is 4.85. The molecule has 2 aromatic carbocycles. The van der Waals surface area contributed by atoms with Gasteiger partial charge >= 0.3 is 0 Å². The van der Waals surface area contributed by atoms with Crippen LogP contribution in [0.4, 0.5) is 11.5 Å². The van der Waals surface area contributed by atoms with Crippen LogP contribution in [-0.4, -0.2) is 39.6 Å². The van der Waals surface area contributed by atoms with Gasteiger partial charge in [0.1, 0.15) is 11.4 Å². The third-order valence-electron chi connectivity index (χ3n) is 6.73. The number of aryl methyl sites for hydroxylation is 1. The van der Waals surface area contributed by atoms with E-state index in [1.807, 2.05) is 32.0 Å². The molecule has 9 heteroatoms. The quantitative estimate of drug-likeness (QED) is 0.370. The number of anilines is 1. The molecule has 2 aliphatic heterocycles. The smallest absolute Gasteiger partial charge is 0.270 e. The summed E-state index contributed by atoms with van der Waals surface area (Å²) in [5, 5.41) is 20.3. The molecular weight excluding hydrogens is 456 g/mol. The molecule has 0 radical (unpaired) electrons. The van der Waals surface area contributed by atoms with Gasteiger partial charge in [-0.1, -0.05) is 23.7 Å². The Labute approximate surface area is 201 Å². The molecule has 34 heavy (non-hydrogen) atoms. The highest BCUT2D eigenvalue weighted by atomic mass is 35.5. The minimum absolute atomic E-state index is 0.0148. The molecule has 0 unspecified atom stereocenters. The first-order valence-electron chi connectivity index (χ1n) is 11.1. The number of non-ortho nitro benzene ring substituents is 1. The first-order chi connectivity index (χ1) is 16.3. The maximum atomic E-state index is 13.0. The third kappa shape index (κ3) is 3.88. The Bertz CT molecular complexity index is 1300. The van der Waals surface area contributed by atoms with E-state index in [1.54, 1.807) is 12.1 Å². The van der Waals surface area contributed by atoms with Gasteiger partial charge in [0.15, 0.2) is 11.6 Å². The van der Waals surface area contributed by atoms with Gasteiger partial charge in [-0.25, -0.2) is 0 Å². The van der Waals surface area contributed by atoms with Crippen molar-refractivity contribution in [3.8, 4) is 17.0 Å². The van der Waals surface area contributed by atoms with Crippen LogP contribution in [0.2, 0.25) is 5.02 Å². The summed E-state index contributed by atoms with van der Waals surface area (Å²) in [5.41, 5.74) is 3.00. The fourth-order valence-corrected chi connectivity index (χ4v) is 5.00. The van der Waals surface area contributed by atoms with Crippen LogP contribution in [0.25, 0.3) is 11.3 Å². The van der Waals surface area contributed by atoms with Gasteiger partial charge in [0.2, 0.25) is 0 Å². The van der Waals surface area contributed by atoms with E-state index in [4.69, 9.17) is 16.3 Å². The summed E-state index contributed by atoms with van der Waals surface area (Å²) >= 11 is 6.36. The Hall–Kier alpha value is -3.52. The minimum Gasteiger partial charge on any atom is -0.486 e. The van der Waals surface area contributed by atoms with Crippen LogP contribution < -0.4 is 9.64 Å². The molecule has 2 aliphatic rings. The van der Waals surface area contributed by atoms with Gasteiger partial charge in [-0.3, -0.25) is 14.9 Å². The molecule has 8 nitrogen and oxygen atoms in total. The summed E-state index contributed by atoms with van der Waals surface area (Å²) in [6, 6.07) is 11.9. The molecule has 1 spiro atoms. The van der Waals surface area contributed by atoms with Gasteiger partial charge in [0, 0.05) is 48.6 Å². The van der Waals surface area contributed by atoms with Crippen molar-refractivity contribution in [2.45, 2.75) is 38.7 Å². The maximum Gasteiger partial charge on any atom is 0.270 e. The van der Waals surface area contributed by atoms with Crippen LogP contribution in [0.1, 0.15) is 40.7 Å². The van der Waals surface area contributed by atoms with Crippen LogP contribution in [0.5, 0.6) is 5.75 Å². The number of nitro benzene ring substituents is 1. The highest BCUT2D eigenvalue weighted by molar-refractivity contribution is 6.32. The first kappa shape index (κ1) is 22.3. The zero-order valence-corrected chi connectivity index (χ0v) is 19.6. The average molecular weight is 479 g/mol. The van der Waals surface area contributed by atoms with E-state index in [2.05, 4.69) is 15.1 Å². The first-order valence-corrected chi connectivity index (χ1v) is 11.5. The zero-order valence-electron chi connectivity index (χ0n) is 18.9. The number of fused-ring (bicyclic) bond motifs is 1. The number of benzene rings is 2. The summed E-state index contributed by atoms with van der Waals surface area (Å²) in [5.74, 6) is 1.44. The van der Waals surface area contributed by atoms with Gasteiger partial charge < -0.3 is 9.64 Å². The number of Topliss-reactive ketones (excluding diaryl/α,β-unsaturated/α-hetero) is 1. The average Bonchev–Trinajstić information content (AvgIpc) is 2.83. The summed E-state index contributed by atoms with van der Waals surface area (Å²) in [6.45, 7) is 5.15. The molecule has 0 saturated carbocycles. The Morgan fingerprint density at radius 3 is 2.56 bits per heavy atom. The zero-order chi connectivity index (χ0) is 24.0. The van der Waals surface area contributed by atoms with Crippen molar-refractivity contribution < 1.29 is 14.5 Å². The van der Waals surface area contributed by atoms with E-state index < -0.39 is 10.5 Å². The molecule has 0 bridgehead atoms. The second kappa shape index (κ2) is 8.36. The molecule has 3 aromatic rings. The molecule has 1 saturated heterocycles. The van der Waals surface area contributed by atoms with Crippen molar-refractivity contribution in [1.82, 2.24) is 10.2 Å². The van der Waals surface area contributed by atoms with E-state index in [9.17, 15) is 14.9 Å². The van der Waals surface area contributed by atoms with Crippen LogP contribution in [0.3, 0.4) is 0 Å². The highest BCUT2D eigenvalue weighted by Crippen LogP contribution is 2.43. The molecule has 1 fully saturated rings. The number of carbonyl (C=O) groups is 1. The van der Waals surface area contributed by atoms with Crippen molar-refractivity contribution in [3.05, 3.63) is 74.3 Å². The van der Waals surface area contributed by atoms with Gasteiger partial charge in [-0.05, 0) is 43.2 Å². The van der Waals surface area contributed by atoms with E-state index >= 15 is 0 Å². The summed E-state index contributed by atoms with van der Waals surface area (Å²) < 4.78 is 6.44. The van der Waals surface area contributed by atoms with Crippen LogP contribution in [-0.2, 0) is 0 Å². The predicted octanol–water partition coefficient (Wildman–Crippen LogP) is 5.33. The monoisotopic (exact) mass is 478 g/mol. The molecule has 0 atom stereocenters. The molecule has 0 amide bonds. The molecule has 1 aromatic heterocycles. The topological polar surface area (TPSA) is 98.5 Å². The van der Waals surface area contributed by atoms with E-state index in [-0.39, 0.29) is 11.5 Å². The van der Waals surface area contributed by atoms with Crippen LogP contribution in [0, 0.1) is 24.0 Å². The number of hydrogen-bond acceptors (Lipinski definition) is 7. The summed E-state index contributed by atoms with van der Waals surface area (Å²) in [4.78, 5) is 25.7. The number of piperidine rings is 1. The van der Waals surface area contributed by atoms with Crippen molar-refractivity contribution >= 4 is 28.9 Å². The molecule has 3 heterocycles. The number of halogens is 1. The lowest BCUT2D eigenvalue weighted by molar-refractivity contribution is -0.384. The lowest BCUT2D eigenvalue weighted by Crippen LogP contribution is -2.51. The standard InChI is InChI=1S/C25H23ClN4O4/c1-15-12-21-23(16(2)24(15)26)20(31)14-25(34-21)8-10-29(11-9-25)22-7-6-19(27-28-22)17-4-3-5-18(13-17)30(32)33/h3-7,12-13H,8-11,14H2,1-2H3. The van der Waals surface area contributed by atoms with E-state index in [1.165, 1.54) is 12.1 Å². The summed E-state index contributed by atoms with van der Waals surface area (Å²) in [6.07, 6.45) is 1.71. The van der Waals surface area contributed by atoms with E-state index in [0.717, 1.165) is 16.9 Å². The number of rotatable bonds is 3. The predicted molar refractivity (Wildman–Crippen MR) is 129 cm³/mol. The fraction of sp³-hybridized carbons (Fsp3) is 0.320. The maximum absolute atomic E-state index is 13.0. The molecule has 0 aliphatic carbocycles. The van der Waals surface area contributed by atoms with Gasteiger partial charge in [-0.2, -0.15) is 0 Å². The van der Waals surface area contributed by atoms with Crippen molar-refractivity contribution in [3.63, 3.8) is 0 Å². The molecule has 5 rings (SSSR count). The Kier molecular flexibility index (Phi) is 5.48. The number of aromatic nitrogens is 2. The number of ether oxygens (including phenoxy) is 1. The minimum atomic E-state index is -0.524. The number of carbonyl (C=O) groups excluding carboxylic acids is 1. The SMILES string of the molecule is Cc1cc2c(c(C)c1Cl)C(=O)CC1(CCN(c3ccc(-c4cccc([N+](=O)[O-])c4)nn3)CC1)O2.